The third-order valence-corrected chi connectivity index (χ3v) is 4.86. The van der Waals surface area contributed by atoms with Gasteiger partial charge in [-0.1, -0.05) is 17.7 Å². The maximum absolute atomic E-state index is 6.33. The minimum absolute atomic E-state index is 0.524. The van der Waals surface area contributed by atoms with Crippen molar-refractivity contribution in [2.75, 3.05) is 47.0 Å². The maximum Gasteiger partial charge on any atom is 0.157 e. The summed E-state index contributed by atoms with van der Waals surface area (Å²) in [7, 11) is 0. The molecule has 4 rings (SSSR count). The van der Waals surface area contributed by atoms with Crippen molar-refractivity contribution in [3.63, 3.8) is 0 Å². The lowest BCUT2D eigenvalue weighted by atomic mass is 10.2. The molecule has 8 heteroatoms. The lowest BCUT2D eigenvalue weighted by Crippen LogP contribution is -2.47. The van der Waals surface area contributed by atoms with E-state index in [0.29, 0.717) is 18.1 Å². The van der Waals surface area contributed by atoms with E-state index in [1.165, 1.54) is 0 Å². The summed E-state index contributed by atoms with van der Waals surface area (Å²) in [4.78, 5) is 13.2. The van der Waals surface area contributed by atoms with Crippen molar-refractivity contribution in [2.24, 2.45) is 0 Å². The Hall–Kier alpha value is -2.93. The Labute approximate surface area is 162 Å². The second-order valence-corrected chi connectivity index (χ2v) is 6.78. The molecule has 3 aromatic rings. The lowest BCUT2D eigenvalue weighted by molar-refractivity contribution is 0.518. The smallest absolute Gasteiger partial charge is 0.157 e. The van der Waals surface area contributed by atoms with Gasteiger partial charge in [-0.3, -0.25) is 0 Å². The molecule has 1 saturated heterocycles. The van der Waals surface area contributed by atoms with Crippen LogP contribution < -0.4 is 20.9 Å². The second kappa shape index (κ2) is 7.75. The average Bonchev–Trinajstić information content (AvgIpc) is 3.21. The molecule has 1 fully saturated rings. The van der Waals surface area contributed by atoms with Gasteiger partial charge in [-0.15, -0.1) is 0 Å². The zero-order valence-corrected chi connectivity index (χ0v) is 15.6. The van der Waals surface area contributed by atoms with Gasteiger partial charge in [0.05, 0.1) is 12.8 Å². The number of piperazine rings is 1. The van der Waals surface area contributed by atoms with Crippen LogP contribution in [0.5, 0.6) is 0 Å². The summed E-state index contributed by atoms with van der Waals surface area (Å²) in [6, 6.07) is 11.7. The van der Waals surface area contributed by atoms with Crippen molar-refractivity contribution >= 4 is 34.6 Å². The number of nitrogens with two attached hydrogens (primary N) is 1. The highest BCUT2D eigenvalue weighted by Crippen LogP contribution is 2.28. The van der Waals surface area contributed by atoms with Gasteiger partial charge in [-0.25, -0.2) is 9.97 Å². The van der Waals surface area contributed by atoms with Crippen LogP contribution in [0.3, 0.4) is 0 Å². The second-order valence-electron chi connectivity index (χ2n) is 6.35. The van der Waals surface area contributed by atoms with Gasteiger partial charge in [0.25, 0.3) is 0 Å². The standard InChI is InChI=1S/C19H21ClN6O/c20-14-3-1-4-15(11-14)25-6-8-26(9-7-25)19-17(21)18(23-13-24-19)22-12-16-5-2-10-27-16/h1-5,10-11,13H,6-9,12,21H2,(H,22,23,24). The Morgan fingerprint density at radius 2 is 1.89 bits per heavy atom. The fraction of sp³-hybridized carbons (Fsp3) is 0.263. The number of benzene rings is 1. The van der Waals surface area contributed by atoms with Crippen LogP contribution in [-0.4, -0.2) is 36.1 Å². The van der Waals surface area contributed by atoms with E-state index in [4.69, 9.17) is 21.8 Å². The molecule has 3 heterocycles. The molecule has 0 radical (unpaired) electrons. The monoisotopic (exact) mass is 384 g/mol. The molecule has 0 bridgehead atoms. The number of nitrogen functional groups attached to an aromatic ring is 1. The summed E-state index contributed by atoms with van der Waals surface area (Å²) < 4.78 is 5.33. The van der Waals surface area contributed by atoms with Crippen LogP contribution >= 0.6 is 11.6 Å². The quantitative estimate of drug-likeness (QED) is 0.698. The Bertz CT molecular complexity index is 893. The number of hydrogen-bond donors (Lipinski definition) is 2. The molecule has 1 aromatic carbocycles. The minimum atomic E-state index is 0.524. The van der Waals surface area contributed by atoms with Crippen molar-refractivity contribution in [1.82, 2.24) is 9.97 Å². The first-order valence-corrected chi connectivity index (χ1v) is 9.21. The van der Waals surface area contributed by atoms with Crippen molar-refractivity contribution in [2.45, 2.75) is 6.54 Å². The van der Waals surface area contributed by atoms with Crippen LogP contribution in [0, 0.1) is 0 Å². The predicted octanol–water partition coefficient (Wildman–Crippen LogP) is 3.24. The zero-order chi connectivity index (χ0) is 18.6. The topological polar surface area (TPSA) is 83.4 Å². The lowest BCUT2D eigenvalue weighted by Gasteiger charge is -2.37. The Morgan fingerprint density at radius 1 is 1.07 bits per heavy atom. The summed E-state index contributed by atoms with van der Waals surface area (Å²) in [5, 5.41) is 3.97. The van der Waals surface area contributed by atoms with Crippen LogP contribution in [0.25, 0.3) is 0 Å². The number of furan rings is 1. The number of nitrogens with one attached hydrogen (secondary N) is 1. The number of nitrogens with zero attached hydrogens (tertiary/aromatic N) is 4. The van der Waals surface area contributed by atoms with Crippen LogP contribution in [0.15, 0.2) is 53.4 Å². The van der Waals surface area contributed by atoms with E-state index in [-0.39, 0.29) is 0 Å². The Morgan fingerprint density at radius 3 is 2.63 bits per heavy atom. The van der Waals surface area contributed by atoms with E-state index >= 15 is 0 Å². The highest BCUT2D eigenvalue weighted by atomic mass is 35.5. The van der Waals surface area contributed by atoms with Crippen molar-refractivity contribution in [3.8, 4) is 0 Å². The van der Waals surface area contributed by atoms with Gasteiger partial charge < -0.3 is 25.3 Å². The third-order valence-electron chi connectivity index (χ3n) is 4.63. The van der Waals surface area contributed by atoms with Crippen LogP contribution in [0.1, 0.15) is 5.76 Å². The largest absolute Gasteiger partial charge is 0.467 e. The number of rotatable bonds is 5. The van der Waals surface area contributed by atoms with Gasteiger partial charge >= 0.3 is 0 Å². The Kier molecular flexibility index (Phi) is 5.02. The molecule has 2 aromatic heterocycles. The molecule has 7 nitrogen and oxygen atoms in total. The van der Waals surface area contributed by atoms with Crippen molar-refractivity contribution in [1.29, 1.82) is 0 Å². The molecule has 3 N–H and O–H groups in total. The first-order chi connectivity index (χ1) is 13.2. The van der Waals surface area contributed by atoms with Crippen molar-refractivity contribution < 1.29 is 4.42 Å². The summed E-state index contributed by atoms with van der Waals surface area (Å²) in [6.07, 6.45) is 3.19. The first kappa shape index (κ1) is 17.5. The van der Waals surface area contributed by atoms with E-state index in [1.807, 2.05) is 30.3 Å². The highest BCUT2D eigenvalue weighted by molar-refractivity contribution is 6.30. The predicted molar refractivity (Wildman–Crippen MR) is 108 cm³/mol. The van der Waals surface area contributed by atoms with Crippen LogP contribution in [-0.2, 0) is 6.54 Å². The molecule has 0 unspecified atom stereocenters. The SMILES string of the molecule is Nc1c(NCc2ccco2)ncnc1N1CCN(c2cccc(Cl)c2)CC1. The molecule has 0 aliphatic carbocycles. The fourth-order valence-electron chi connectivity index (χ4n) is 3.21. The van der Waals surface area contributed by atoms with Crippen LogP contribution in [0.2, 0.25) is 5.02 Å². The number of hydrogen-bond acceptors (Lipinski definition) is 7. The number of aromatic nitrogens is 2. The van der Waals surface area contributed by atoms with Gasteiger partial charge in [-0.05, 0) is 30.3 Å². The molecule has 0 amide bonds. The van der Waals surface area contributed by atoms with Gasteiger partial charge in [0, 0.05) is 36.9 Å². The molecule has 27 heavy (non-hydrogen) atoms. The Balaban J connectivity index is 1.42. The van der Waals surface area contributed by atoms with E-state index in [1.54, 1.807) is 12.6 Å². The van der Waals surface area contributed by atoms with Crippen LogP contribution in [0.4, 0.5) is 23.0 Å². The molecule has 0 saturated carbocycles. The summed E-state index contributed by atoms with van der Waals surface area (Å²) in [5.41, 5.74) is 8.02. The summed E-state index contributed by atoms with van der Waals surface area (Å²) >= 11 is 6.11. The van der Waals surface area contributed by atoms with E-state index in [9.17, 15) is 0 Å². The van der Waals surface area contributed by atoms with E-state index in [2.05, 4.69) is 31.2 Å². The van der Waals surface area contributed by atoms with Gasteiger partial charge in [-0.2, -0.15) is 0 Å². The highest BCUT2D eigenvalue weighted by Gasteiger charge is 2.21. The molecular weight excluding hydrogens is 364 g/mol. The molecule has 1 aliphatic rings. The van der Waals surface area contributed by atoms with E-state index < -0.39 is 0 Å². The summed E-state index contributed by atoms with van der Waals surface area (Å²) in [5.74, 6) is 2.20. The molecule has 140 valence electrons. The summed E-state index contributed by atoms with van der Waals surface area (Å²) in [6.45, 7) is 3.92. The normalized spacial score (nSPS) is 14.4. The van der Waals surface area contributed by atoms with Gasteiger partial charge in [0.15, 0.2) is 11.6 Å². The van der Waals surface area contributed by atoms with Gasteiger partial charge in [0.2, 0.25) is 0 Å². The molecule has 0 spiro atoms. The third kappa shape index (κ3) is 3.93. The number of halogens is 1. The van der Waals surface area contributed by atoms with Crippen molar-refractivity contribution in [3.05, 3.63) is 59.8 Å². The molecule has 1 aliphatic heterocycles. The zero-order valence-electron chi connectivity index (χ0n) is 14.8. The maximum atomic E-state index is 6.33. The first-order valence-electron chi connectivity index (χ1n) is 8.83. The van der Waals surface area contributed by atoms with Gasteiger partial charge in [0.1, 0.15) is 17.8 Å². The minimum Gasteiger partial charge on any atom is -0.467 e. The number of anilines is 4. The molecule has 0 atom stereocenters. The molecular formula is C19H21ClN6O. The van der Waals surface area contributed by atoms with E-state index in [0.717, 1.165) is 48.5 Å². The average molecular weight is 385 g/mol. The fourth-order valence-corrected chi connectivity index (χ4v) is 3.40.